The van der Waals surface area contributed by atoms with Crippen LogP contribution in [0.2, 0.25) is 0 Å². The van der Waals surface area contributed by atoms with E-state index in [-0.39, 0.29) is 5.41 Å². The van der Waals surface area contributed by atoms with Gasteiger partial charge < -0.3 is 4.42 Å². The van der Waals surface area contributed by atoms with Gasteiger partial charge in [-0.25, -0.2) is 9.97 Å². The standard InChI is InChI=1S/C13H15BrN2OS/c1-13(2,3)12-15-10(14)7-11(16-12)18-8-9-5-4-6-17-9/h4-7H,8H2,1-3H3. The Morgan fingerprint density at radius 3 is 2.72 bits per heavy atom. The average Bonchev–Trinajstić information content (AvgIpc) is 2.77. The summed E-state index contributed by atoms with van der Waals surface area (Å²) in [4.78, 5) is 9.00. The van der Waals surface area contributed by atoms with E-state index in [9.17, 15) is 0 Å². The molecule has 0 N–H and O–H groups in total. The first-order valence-corrected chi connectivity index (χ1v) is 7.43. The predicted molar refractivity (Wildman–Crippen MR) is 76.7 cm³/mol. The number of hydrogen-bond donors (Lipinski definition) is 0. The zero-order valence-corrected chi connectivity index (χ0v) is 13.0. The fraction of sp³-hybridized carbons (Fsp3) is 0.385. The van der Waals surface area contributed by atoms with Crippen LogP contribution in [0.25, 0.3) is 0 Å². The lowest BCUT2D eigenvalue weighted by atomic mass is 9.96. The van der Waals surface area contributed by atoms with E-state index in [0.29, 0.717) is 0 Å². The Kier molecular flexibility index (Phi) is 4.12. The minimum atomic E-state index is -0.0518. The molecule has 0 fully saturated rings. The summed E-state index contributed by atoms with van der Waals surface area (Å²) in [6.07, 6.45) is 1.69. The van der Waals surface area contributed by atoms with Crippen molar-refractivity contribution in [3.63, 3.8) is 0 Å². The number of thioether (sulfide) groups is 1. The van der Waals surface area contributed by atoms with Crippen LogP contribution in [0.5, 0.6) is 0 Å². The predicted octanol–water partition coefficient (Wildman–Crippen LogP) is 4.42. The molecule has 2 rings (SSSR count). The smallest absolute Gasteiger partial charge is 0.136 e. The summed E-state index contributed by atoms with van der Waals surface area (Å²) in [5.41, 5.74) is -0.0518. The number of furan rings is 1. The Hall–Kier alpha value is -0.810. The molecular formula is C13H15BrN2OS. The van der Waals surface area contributed by atoms with Gasteiger partial charge in [0.2, 0.25) is 0 Å². The van der Waals surface area contributed by atoms with Gasteiger partial charge in [-0.2, -0.15) is 0 Å². The highest BCUT2D eigenvalue weighted by atomic mass is 79.9. The van der Waals surface area contributed by atoms with Crippen molar-refractivity contribution in [2.45, 2.75) is 37.0 Å². The van der Waals surface area contributed by atoms with Crippen LogP contribution in [0.3, 0.4) is 0 Å². The monoisotopic (exact) mass is 326 g/mol. The molecule has 2 aromatic heterocycles. The summed E-state index contributed by atoms with van der Waals surface area (Å²) in [6, 6.07) is 5.79. The summed E-state index contributed by atoms with van der Waals surface area (Å²) in [5, 5.41) is 0.957. The molecule has 0 aliphatic heterocycles. The highest BCUT2D eigenvalue weighted by Gasteiger charge is 2.18. The minimum absolute atomic E-state index is 0.0518. The van der Waals surface area contributed by atoms with E-state index in [1.807, 2.05) is 18.2 Å². The molecular weight excluding hydrogens is 312 g/mol. The summed E-state index contributed by atoms with van der Waals surface area (Å²) in [6.45, 7) is 6.32. The topological polar surface area (TPSA) is 38.9 Å². The molecule has 0 saturated heterocycles. The summed E-state index contributed by atoms with van der Waals surface area (Å²) < 4.78 is 6.13. The molecule has 0 saturated carbocycles. The van der Waals surface area contributed by atoms with Crippen LogP contribution in [-0.4, -0.2) is 9.97 Å². The number of rotatable bonds is 3. The summed E-state index contributed by atoms with van der Waals surface area (Å²) in [7, 11) is 0. The van der Waals surface area contributed by atoms with Crippen molar-refractivity contribution in [1.29, 1.82) is 0 Å². The van der Waals surface area contributed by atoms with Gasteiger partial charge in [0.05, 0.1) is 12.0 Å². The third-order valence-electron chi connectivity index (χ3n) is 2.28. The molecule has 5 heteroatoms. The average molecular weight is 327 g/mol. The largest absolute Gasteiger partial charge is 0.468 e. The van der Waals surface area contributed by atoms with Gasteiger partial charge in [0, 0.05) is 11.5 Å². The molecule has 96 valence electrons. The van der Waals surface area contributed by atoms with Crippen molar-refractivity contribution >= 4 is 27.7 Å². The quantitative estimate of drug-likeness (QED) is 0.618. The van der Waals surface area contributed by atoms with Gasteiger partial charge in [-0.15, -0.1) is 0 Å². The van der Waals surface area contributed by atoms with E-state index in [2.05, 4.69) is 46.7 Å². The van der Waals surface area contributed by atoms with Crippen LogP contribution in [0, 0.1) is 0 Å². The van der Waals surface area contributed by atoms with E-state index < -0.39 is 0 Å². The van der Waals surface area contributed by atoms with Crippen LogP contribution < -0.4 is 0 Å². The van der Waals surface area contributed by atoms with Crippen LogP contribution >= 0.6 is 27.7 Å². The highest BCUT2D eigenvalue weighted by Crippen LogP contribution is 2.27. The molecule has 0 atom stereocenters. The second kappa shape index (κ2) is 5.45. The Balaban J connectivity index is 2.15. The Morgan fingerprint density at radius 1 is 1.33 bits per heavy atom. The Labute approximate surface area is 120 Å². The first-order chi connectivity index (χ1) is 8.45. The molecule has 3 nitrogen and oxygen atoms in total. The lowest BCUT2D eigenvalue weighted by Gasteiger charge is -2.17. The van der Waals surface area contributed by atoms with Gasteiger partial charge in [0.15, 0.2) is 0 Å². The second-order valence-corrected chi connectivity index (χ2v) is 6.78. The summed E-state index contributed by atoms with van der Waals surface area (Å²) in [5.74, 6) is 2.57. The molecule has 0 amide bonds. The third kappa shape index (κ3) is 3.59. The lowest BCUT2D eigenvalue weighted by molar-refractivity contribution is 0.529. The highest BCUT2D eigenvalue weighted by molar-refractivity contribution is 9.10. The normalized spacial score (nSPS) is 11.8. The maximum atomic E-state index is 5.31. The Bertz CT molecular complexity index is 520. The van der Waals surface area contributed by atoms with Gasteiger partial charge in [-0.3, -0.25) is 0 Å². The number of aromatic nitrogens is 2. The van der Waals surface area contributed by atoms with Gasteiger partial charge in [-0.05, 0) is 28.1 Å². The number of halogens is 1. The van der Waals surface area contributed by atoms with Crippen LogP contribution in [-0.2, 0) is 11.2 Å². The fourth-order valence-electron chi connectivity index (χ4n) is 1.35. The molecule has 0 aliphatic carbocycles. The van der Waals surface area contributed by atoms with E-state index >= 15 is 0 Å². The first kappa shape index (κ1) is 13.6. The zero-order chi connectivity index (χ0) is 13.2. The molecule has 2 aromatic rings. The number of nitrogens with zero attached hydrogens (tertiary/aromatic N) is 2. The van der Waals surface area contributed by atoms with E-state index in [1.165, 1.54) is 0 Å². The summed E-state index contributed by atoms with van der Waals surface area (Å²) >= 11 is 5.08. The molecule has 0 spiro atoms. The molecule has 0 bridgehead atoms. The van der Waals surface area contributed by atoms with Crippen LogP contribution in [0.1, 0.15) is 32.4 Å². The van der Waals surface area contributed by atoms with Crippen molar-refractivity contribution in [2.24, 2.45) is 0 Å². The number of hydrogen-bond acceptors (Lipinski definition) is 4. The maximum Gasteiger partial charge on any atom is 0.136 e. The minimum Gasteiger partial charge on any atom is -0.468 e. The van der Waals surface area contributed by atoms with Crippen molar-refractivity contribution in [1.82, 2.24) is 9.97 Å². The van der Waals surface area contributed by atoms with Crippen LogP contribution in [0.4, 0.5) is 0 Å². The van der Waals surface area contributed by atoms with Gasteiger partial charge >= 0.3 is 0 Å². The molecule has 2 heterocycles. The van der Waals surface area contributed by atoms with E-state index in [0.717, 1.165) is 27.0 Å². The van der Waals surface area contributed by atoms with Crippen molar-refractivity contribution < 1.29 is 4.42 Å². The van der Waals surface area contributed by atoms with Gasteiger partial charge in [-0.1, -0.05) is 32.5 Å². The SMILES string of the molecule is CC(C)(C)c1nc(Br)cc(SCc2ccco2)n1. The fourth-order valence-corrected chi connectivity index (χ4v) is 2.68. The molecule has 0 aromatic carbocycles. The molecule has 0 radical (unpaired) electrons. The van der Waals surface area contributed by atoms with Crippen molar-refractivity contribution in [3.05, 3.63) is 40.7 Å². The maximum absolute atomic E-state index is 5.31. The third-order valence-corrected chi connectivity index (χ3v) is 3.62. The van der Waals surface area contributed by atoms with E-state index in [1.54, 1.807) is 18.0 Å². The van der Waals surface area contributed by atoms with Crippen molar-refractivity contribution in [3.8, 4) is 0 Å². The van der Waals surface area contributed by atoms with E-state index in [4.69, 9.17) is 4.42 Å². The molecule has 18 heavy (non-hydrogen) atoms. The van der Waals surface area contributed by atoms with Gasteiger partial charge in [0.25, 0.3) is 0 Å². The van der Waals surface area contributed by atoms with Gasteiger partial charge in [0.1, 0.15) is 21.2 Å². The first-order valence-electron chi connectivity index (χ1n) is 5.65. The van der Waals surface area contributed by atoms with Crippen LogP contribution in [0.15, 0.2) is 38.5 Å². The Morgan fingerprint density at radius 2 is 2.11 bits per heavy atom. The zero-order valence-electron chi connectivity index (χ0n) is 10.6. The lowest BCUT2D eigenvalue weighted by Crippen LogP contribution is -2.16. The molecule has 0 unspecified atom stereocenters. The second-order valence-electron chi connectivity index (χ2n) is 4.97. The van der Waals surface area contributed by atoms with Crippen molar-refractivity contribution in [2.75, 3.05) is 0 Å². The molecule has 0 aliphatic rings.